The van der Waals surface area contributed by atoms with Crippen molar-refractivity contribution in [1.29, 1.82) is 0 Å². The molecule has 0 aromatic heterocycles. The minimum absolute atomic E-state index is 0.236. The van der Waals surface area contributed by atoms with Crippen molar-refractivity contribution in [2.75, 3.05) is 5.32 Å². The predicted octanol–water partition coefficient (Wildman–Crippen LogP) is 4.50. The lowest BCUT2D eigenvalue weighted by molar-refractivity contribution is -0.136. The number of hydrogen-bond acceptors (Lipinski definition) is 2. The van der Waals surface area contributed by atoms with Crippen LogP contribution < -0.4 is 10.6 Å². The van der Waals surface area contributed by atoms with E-state index in [1.54, 1.807) is 0 Å². The topological polar surface area (TPSA) is 58.2 Å². The quantitative estimate of drug-likeness (QED) is 0.779. The summed E-state index contributed by atoms with van der Waals surface area (Å²) in [5.41, 5.74) is 4.91. The lowest BCUT2D eigenvalue weighted by atomic mass is 9.98. The van der Waals surface area contributed by atoms with Crippen LogP contribution in [0.1, 0.15) is 61.9 Å². The van der Waals surface area contributed by atoms with Gasteiger partial charge in [-0.3, -0.25) is 9.59 Å². The minimum Gasteiger partial charge on any atom is -0.341 e. The highest BCUT2D eigenvalue weighted by molar-refractivity contribution is 6.39. The zero-order chi connectivity index (χ0) is 19.3. The number of anilines is 1. The van der Waals surface area contributed by atoms with Crippen LogP contribution in [0.5, 0.6) is 0 Å². The van der Waals surface area contributed by atoms with E-state index in [0.717, 1.165) is 28.8 Å². The van der Waals surface area contributed by atoms with Gasteiger partial charge in [0, 0.05) is 5.69 Å². The van der Waals surface area contributed by atoms with Crippen LogP contribution in [0.3, 0.4) is 0 Å². The Balaban J connectivity index is 2.07. The summed E-state index contributed by atoms with van der Waals surface area (Å²) < 4.78 is 0. The molecule has 0 spiro atoms. The molecule has 2 amide bonds. The second kappa shape index (κ2) is 8.65. The number of rotatable bonds is 5. The van der Waals surface area contributed by atoms with Gasteiger partial charge in [0.2, 0.25) is 0 Å². The zero-order valence-electron chi connectivity index (χ0n) is 16.2. The zero-order valence-corrected chi connectivity index (χ0v) is 16.2. The number of nitrogens with one attached hydrogen (secondary N) is 2. The number of carbonyl (C=O) groups is 2. The van der Waals surface area contributed by atoms with Crippen molar-refractivity contribution in [3.05, 3.63) is 64.7 Å². The fourth-order valence-electron chi connectivity index (χ4n) is 2.90. The Hall–Kier alpha value is -2.62. The van der Waals surface area contributed by atoms with Crippen molar-refractivity contribution < 1.29 is 9.59 Å². The third kappa shape index (κ3) is 4.72. The van der Waals surface area contributed by atoms with E-state index in [0.29, 0.717) is 0 Å². The second-order valence-corrected chi connectivity index (χ2v) is 6.94. The second-order valence-electron chi connectivity index (χ2n) is 6.94. The summed E-state index contributed by atoms with van der Waals surface area (Å²) >= 11 is 0. The summed E-state index contributed by atoms with van der Waals surface area (Å²) in [7, 11) is 0. The fourth-order valence-corrected chi connectivity index (χ4v) is 2.90. The molecule has 0 aliphatic rings. The molecule has 0 aliphatic carbocycles. The SMILES string of the molecule is CCc1ccc(C(C)NC(=O)C(=O)Nc2c(C)cccc2C(C)C)cc1. The molecule has 1 atom stereocenters. The van der Waals surface area contributed by atoms with E-state index < -0.39 is 11.8 Å². The summed E-state index contributed by atoms with van der Waals surface area (Å²) in [6, 6.07) is 13.7. The molecule has 4 nitrogen and oxygen atoms in total. The number of para-hydroxylation sites is 1. The van der Waals surface area contributed by atoms with Crippen molar-refractivity contribution in [2.24, 2.45) is 0 Å². The van der Waals surface area contributed by atoms with Gasteiger partial charge < -0.3 is 10.6 Å². The van der Waals surface area contributed by atoms with Gasteiger partial charge in [0.15, 0.2) is 0 Å². The molecule has 1 unspecified atom stereocenters. The van der Waals surface area contributed by atoms with Crippen LogP contribution >= 0.6 is 0 Å². The smallest absolute Gasteiger partial charge is 0.313 e. The summed E-state index contributed by atoms with van der Waals surface area (Å²) in [6.45, 7) is 10.0. The van der Waals surface area contributed by atoms with E-state index in [-0.39, 0.29) is 12.0 Å². The van der Waals surface area contributed by atoms with Crippen molar-refractivity contribution >= 4 is 17.5 Å². The van der Waals surface area contributed by atoms with E-state index in [2.05, 4.69) is 31.4 Å². The van der Waals surface area contributed by atoms with Gasteiger partial charge in [0.05, 0.1) is 6.04 Å². The Morgan fingerprint density at radius 2 is 1.62 bits per heavy atom. The molecule has 2 aromatic carbocycles. The number of carbonyl (C=O) groups excluding carboxylic acids is 2. The Labute approximate surface area is 156 Å². The van der Waals surface area contributed by atoms with Gasteiger partial charge >= 0.3 is 11.8 Å². The fraction of sp³-hybridized carbons (Fsp3) is 0.364. The van der Waals surface area contributed by atoms with Crippen molar-refractivity contribution in [3.63, 3.8) is 0 Å². The van der Waals surface area contributed by atoms with Gasteiger partial charge in [-0.25, -0.2) is 0 Å². The molecule has 0 radical (unpaired) electrons. The highest BCUT2D eigenvalue weighted by Gasteiger charge is 2.19. The molecule has 2 N–H and O–H groups in total. The lowest BCUT2D eigenvalue weighted by Gasteiger charge is -2.18. The van der Waals surface area contributed by atoms with Crippen LogP contribution in [0, 0.1) is 6.92 Å². The number of aryl methyl sites for hydroxylation is 2. The van der Waals surface area contributed by atoms with Crippen LogP contribution in [0.2, 0.25) is 0 Å². The summed E-state index contributed by atoms with van der Waals surface area (Å²) in [6.07, 6.45) is 0.970. The standard InChI is InChI=1S/C22H28N2O2/c1-6-17-10-12-18(13-11-17)16(5)23-21(25)22(26)24-20-15(4)8-7-9-19(20)14(2)3/h7-14,16H,6H2,1-5H3,(H,23,25)(H,24,26). The van der Waals surface area contributed by atoms with Gasteiger partial charge in [-0.2, -0.15) is 0 Å². The molecule has 4 heteroatoms. The first kappa shape index (κ1) is 19.7. The number of amides is 2. The summed E-state index contributed by atoms with van der Waals surface area (Å²) in [4.78, 5) is 24.7. The highest BCUT2D eigenvalue weighted by atomic mass is 16.2. The number of benzene rings is 2. The van der Waals surface area contributed by atoms with Crippen LogP contribution in [-0.4, -0.2) is 11.8 Å². The molecule has 2 aromatic rings. The lowest BCUT2D eigenvalue weighted by Crippen LogP contribution is -2.37. The average molecular weight is 352 g/mol. The first-order chi connectivity index (χ1) is 12.3. The first-order valence-electron chi connectivity index (χ1n) is 9.13. The van der Waals surface area contributed by atoms with E-state index in [9.17, 15) is 9.59 Å². The molecule has 26 heavy (non-hydrogen) atoms. The molecule has 0 saturated heterocycles. The molecule has 0 bridgehead atoms. The van der Waals surface area contributed by atoms with Crippen LogP contribution in [0.4, 0.5) is 5.69 Å². The predicted molar refractivity (Wildman–Crippen MR) is 106 cm³/mol. The molecule has 0 fully saturated rings. The van der Waals surface area contributed by atoms with E-state index in [1.165, 1.54) is 5.56 Å². The Morgan fingerprint density at radius 1 is 0.962 bits per heavy atom. The monoisotopic (exact) mass is 352 g/mol. The average Bonchev–Trinajstić information content (AvgIpc) is 2.62. The number of hydrogen-bond donors (Lipinski definition) is 2. The van der Waals surface area contributed by atoms with Gasteiger partial charge in [-0.1, -0.05) is 63.2 Å². The van der Waals surface area contributed by atoms with Crippen molar-refractivity contribution in [2.45, 2.75) is 53.0 Å². The van der Waals surface area contributed by atoms with E-state index >= 15 is 0 Å². The first-order valence-corrected chi connectivity index (χ1v) is 9.13. The molecule has 2 rings (SSSR count). The van der Waals surface area contributed by atoms with Gasteiger partial charge in [0.25, 0.3) is 0 Å². The summed E-state index contributed by atoms with van der Waals surface area (Å²) in [5.74, 6) is -1.02. The third-order valence-corrected chi connectivity index (χ3v) is 4.61. The molecule has 0 aliphatic heterocycles. The minimum atomic E-state index is -0.641. The van der Waals surface area contributed by atoms with Crippen LogP contribution in [0.25, 0.3) is 0 Å². The largest absolute Gasteiger partial charge is 0.341 e. The molecular weight excluding hydrogens is 324 g/mol. The summed E-state index contributed by atoms with van der Waals surface area (Å²) in [5, 5.41) is 5.55. The van der Waals surface area contributed by atoms with E-state index in [4.69, 9.17) is 0 Å². The maximum Gasteiger partial charge on any atom is 0.313 e. The molecule has 0 heterocycles. The van der Waals surface area contributed by atoms with Crippen molar-refractivity contribution in [3.8, 4) is 0 Å². The van der Waals surface area contributed by atoms with Gasteiger partial charge in [-0.05, 0) is 48.4 Å². The Morgan fingerprint density at radius 3 is 2.19 bits per heavy atom. The highest BCUT2D eigenvalue weighted by Crippen LogP contribution is 2.27. The normalized spacial score (nSPS) is 11.9. The third-order valence-electron chi connectivity index (χ3n) is 4.61. The Bertz CT molecular complexity index is 779. The van der Waals surface area contributed by atoms with Crippen LogP contribution in [-0.2, 0) is 16.0 Å². The van der Waals surface area contributed by atoms with Gasteiger partial charge in [-0.15, -0.1) is 0 Å². The molecular formula is C22H28N2O2. The van der Waals surface area contributed by atoms with Crippen molar-refractivity contribution in [1.82, 2.24) is 5.32 Å². The maximum atomic E-state index is 12.4. The Kier molecular flexibility index (Phi) is 6.56. The maximum absolute atomic E-state index is 12.4. The van der Waals surface area contributed by atoms with Crippen LogP contribution in [0.15, 0.2) is 42.5 Å². The van der Waals surface area contributed by atoms with Gasteiger partial charge in [0.1, 0.15) is 0 Å². The van der Waals surface area contributed by atoms with E-state index in [1.807, 2.05) is 56.3 Å². The molecule has 138 valence electrons. The molecule has 0 saturated carbocycles.